The summed E-state index contributed by atoms with van der Waals surface area (Å²) >= 11 is 0. The molecule has 2 fully saturated rings. The molecule has 2 aromatic rings. The van der Waals surface area contributed by atoms with E-state index in [9.17, 15) is 13.2 Å². The molecule has 0 radical (unpaired) electrons. The van der Waals surface area contributed by atoms with Gasteiger partial charge in [0.15, 0.2) is 0 Å². The molecule has 9 nitrogen and oxygen atoms in total. The molecular formula is C23H32N6O3S. The molecule has 33 heavy (non-hydrogen) atoms. The van der Waals surface area contributed by atoms with Crippen LogP contribution in [0.1, 0.15) is 32.1 Å². The zero-order valence-corrected chi connectivity index (χ0v) is 19.9. The van der Waals surface area contributed by atoms with Gasteiger partial charge in [0.1, 0.15) is 0 Å². The standard InChI is InChI=1S/C23H32N6O3S/c1-27(20-6-3-2-4-7-20)33(31,32)21-10-8-19(9-11-21)26-22(30)18-28-14-16-29(17-15-28)23-24-12-5-13-25-23/h5,8-13,20H,2-4,6-7,14-18H2,1H3,(H,26,30). The van der Waals surface area contributed by atoms with Crippen LogP contribution >= 0.6 is 0 Å². The highest BCUT2D eigenvalue weighted by atomic mass is 32.2. The lowest BCUT2D eigenvalue weighted by molar-refractivity contribution is -0.117. The molecule has 0 unspecified atom stereocenters. The molecule has 1 aromatic heterocycles. The number of nitrogens with one attached hydrogen (secondary N) is 1. The second kappa shape index (κ2) is 10.6. The molecule has 0 bridgehead atoms. The third-order valence-corrected chi connectivity index (χ3v) is 8.40. The summed E-state index contributed by atoms with van der Waals surface area (Å²) in [5, 5.41) is 2.88. The maximum Gasteiger partial charge on any atom is 0.243 e. The number of hydrogen-bond acceptors (Lipinski definition) is 7. The Hall–Kier alpha value is -2.56. The van der Waals surface area contributed by atoms with Crippen molar-refractivity contribution in [3.8, 4) is 0 Å². The first-order valence-electron chi connectivity index (χ1n) is 11.6. The molecule has 178 valence electrons. The largest absolute Gasteiger partial charge is 0.338 e. The number of sulfonamides is 1. The Balaban J connectivity index is 1.28. The Bertz CT molecular complexity index is 1020. The van der Waals surface area contributed by atoms with Gasteiger partial charge in [-0.3, -0.25) is 9.69 Å². The fourth-order valence-corrected chi connectivity index (χ4v) is 5.90. The maximum atomic E-state index is 13.0. The lowest BCUT2D eigenvalue weighted by Gasteiger charge is -2.34. The number of anilines is 2. The number of piperazine rings is 1. The molecule has 2 heterocycles. The van der Waals surface area contributed by atoms with E-state index < -0.39 is 10.0 Å². The van der Waals surface area contributed by atoms with Crippen LogP contribution in [0.4, 0.5) is 11.6 Å². The van der Waals surface area contributed by atoms with Crippen LogP contribution in [-0.4, -0.2) is 79.3 Å². The normalized spacial score (nSPS) is 18.4. The lowest BCUT2D eigenvalue weighted by Crippen LogP contribution is -2.49. The van der Waals surface area contributed by atoms with E-state index in [0.29, 0.717) is 11.6 Å². The molecule has 1 N–H and O–H groups in total. The van der Waals surface area contributed by atoms with Gasteiger partial charge in [0.05, 0.1) is 11.4 Å². The Morgan fingerprint density at radius 1 is 1.03 bits per heavy atom. The van der Waals surface area contributed by atoms with Crippen molar-refractivity contribution in [2.24, 2.45) is 0 Å². The summed E-state index contributed by atoms with van der Waals surface area (Å²) in [5.41, 5.74) is 0.593. The first kappa shape index (κ1) is 23.6. The number of carbonyl (C=O) groups excluding carboxylic acids is 1. The molecule has 1 aromatic carbocycles. The number of aromatic nitrogens is 2. The third kappa shape index (κ3) is 5.87. The lowest BCUT2D eigenvalue weighted by atomic mass is 9.96. The maximum absolute atomic E-state index is 13.0. The SMILES string of the molecule is CN(C1CCCCC1)S(=O)(=O)c1ccc(NC(=O)CN2CCN(c3ncccn3)CC2)cc1. The second-order valence-corrected chi connectivity index (χ2v) is 10.7. The van der Waals surface area contributed by atoms with E-state index in [1.807, 2.05) is 0 Å². The summed E-state index contributed by atoms with van der Waals surface area (Å²) in [4.78, 5) is 25.5. The predicted molar refractivity (Wildman–Crippen MR) is 128 cm³/mol. The summed E-state index contributed by atoms with van der Waals surface area (Å²) in [6.07, 6.45) is 8.61. The van der Waals surface area contributed by atoms with Gasteiger partial charge in [0.2, 0.25) is 21.9 Å². The van der Waals surface area contributed by atoms with Crippen LogP contribution in [-0.2, 0) is 14.8 Å². The van der Waals surface area contributed by atoms with E-state index >= 15 is 0 Å². The Morgan fingerprint density at radius 3 is 2.30 bits per heavy atom. The number of nitrogens with zero attached hydrogens (tertiary/aromatic N) is 5. The van der Waals surface area contributed by atoms with Gasteiger partial charge in [0.25, 0.3) is 0 Å². The quantitative estimate of drug-likeness (QED) is 0.659. The number of rotatable bonds is 7. The first-order valence-corrected chi connectivity index (χ1v) is 13.0. The highest BCUT2D eigenvalue weighted by Crippen LogP contribution is 2.27. The number of amides is 1. The summed E-state index contributed by atoms with van der Waals surface area (Å²) in [6, 6.07) is 8.32. The van der Waals surface area contributed by atoms with Crippen LogP contribution in [0, 0.1) is 0 Å². The average Bonchev–Trinajstić information content (AvgIpc) is 2.85. The minimum absolute atomic E-state index is 0.0667. The van der Waals surface area contributed by atoms with Crippen LogP contribution in [0.15, 0.2) is 47.6 Å². The van der Waals surface area contributed by atoms with Crippen molar-refractivity contribution in [3.63, 3.8) is 0 Å². The number of carbonyl (C=O) groups is 1. The van der Waals surface area contributed by atoms with Gasteiger partial charge >= 0.3 is 0 Å². The van der Waals surface area contributed by atoms with E-state index in [2.05, 4.69) is 25.1 Å². The highest BCUT2D eigenvalue weighted by molar-refractivity contribution is 7.89. The zero-order valence-electron chi connectivity index (χ0n) is 19.1. The van der Waals surface area contributed by atoms with E-state index in [1.54, 1.807) is 49.8 Å². The molecule has 1 aliphatic carbocycles. The molecule has 4 rings (SSSR count). The Kier molecular flexibility index (Phi) is 7.56. The molecule has 1 saturated heterocycles. The van der Waals surface area contributed by atoms with Crippen LogP contribution in [0.25, 0.3) is 0 Å². The van der Waals surface area contributed by atoms with Crippen molar-refractivity contribution < 1.29 is 13.2 Å². The summed E-state index contributed by atoms with van der Waals surface area (Å²) < 4.78 is 27.5. The molecule has 10 heteroatoms. The predicted octanol–water partition coefficient (Wildman–Crippen LogP) is 2.19. The minimum Gasteiger partial charge on any atom is -0.338 e. The van der Waals surface area contributed by atoms with Crippen molar-refractivity contribution in [1.82, 2.24) is 19.2 Å². The minimum atomic E-state index is -3.54. The fraction of sp³-hybridized carbons (Fsp3) is 0.522. The van der Waals surface area contributed by atoms with Gasteiger partial charge in [-0.2, -0.15) is 4.31 Å². The highest BCUT2D eigenvalue weighted by Gasteiger charge is 2.29. The van der Waals surface area contributed by atoms with Gasteiger partial charge in [-0.05, 0) is 43.2 Å². The van der Waals surface area contributed by atoms with Crippen molar-refractivity contribution >= 4 is 27.6 Å². The molecule has 1 amide bonds. The van der Waals surface area contributed by atoms with Crippen LogP contribution in [0.5, 0.6) is 0 Å². The van der Waals surface area contributed by atoms with Gasteiger partial charge in [-0.1, -0.05) is 19.3 Å². The monoisotopic (exact) mass is 472 g/mol. The van der Waals surface area contributed by atoms with Gasteiger partial charge < -0.3 is 10.2 Å². The Labute approximate surface area is 195 Å². The Morgan fingerprint density at radius 2 is 1.67 bits per heavy atom. The zero-order chi connectivity index (χ0) is 23.3. The van der Waals surface area contributed by atoms with Gasteiger partial charge in [-0.15, -0.1) is 0 Å². The summed E-state index contributed by atoms with van der Waals surface area (Å²) in [6.45, 7) is 3.30. The van der Waals surface area contributed by atoms with Gasteiger partial charge in [-0.25, -0.2) is 18.4 Å². The fourth-order valence-electron chi connectivity index (χ4n) is 4.48. The van der Waals surface area contributed by atoms with Gasteiger partial charge in [0, 0.05) is 57.3 Å². The van der Waals surface area contributed by atoms with Crippen LogP contribution in [0.3, 0.4) is 0 Å². The topological polar surface area (TPSA) is 98.7 Å². The second-order valence-electron chi connectivity index (χ2n) is 8.70. The van der Waals surface area contributed by atoms with Crippen molar-refractivity contribution in [2.75, 3.05) is 50.0 Å². The van der Waals surface area contributed by atoms with Crippen molar-refractivity contribution in [3.05, 3.63) is 42.7 Å². The van der Waals surface area contributed by atoms with E-state index in [-0.39, 0.29) is 23.4 Å². The third-order valence-electron chi connectivity index (χ3n) is 6.48. The number of hydrogen-bond donors (Lipinski definition) is 1. The van der Waals surface area contributed by atoms with E-state index in [1.165, 1.54) is 10.7 Å². The molecule has 1 saturated carbocycles. The van der Waals surface area contributed by atoms with Crippen LogP contribution in [0.2, 0.25) is 0 Å². The summed E-state index contributed by atoms with van der Waals surface area (Å²) in [7, 11) is -1.87. The molecular weight excluding hydrogens is 440 g/mol. The van der Waals surface area contributed by atoms with Crippen molar-refractivity contribution in [2.45, 2.75) is 43.0 Å². The molecule has 1 aliphatic heterocycles. The average molecular weight is 473 g/mol. The first-order chi connectivity index (χ1) is 15.9. The van der Waals surface area contributed by atoms with Crippen LogP contribution < -0.4 is 10.2 Å². The van der Waals surface area contributed by atoms with Crippen molar-refractivity contribution in [1.29, 1.82) is 0 Å². The molecule has 2 aliphatic rings. The summed E-state index contributed by atoms with van der Waals surface area (Å²) in [5.74, 6) is 0.597. The van der Waals surface area contributed by atoms with E-state index in [4.69, 9.17) is 0 Å². The molecule has 0 spiro atoms. The molecule has 0 atom stereocenters. The number of benzene rings is 1. The smallest absolute Gasteiger partial charge is 0.243 e. The van der Waals surface area contributed by atoms with E-state index in [0.717, 1.165) is 51.9 Å².